The summed E-state index contributed by atoms with van der Waals surface area (Å²) in [6.45, 7) is 6.88. The molecule has 1 unspecified atom stereocenters. The summed E-state index contributed by atoms with van der Waals surface area (Å²) in [7, 11) is 0. The highest BCUT2D eigenvalue weighted by atomic mass is 16.5. The summed E-state index contributed by atoms with van der Waals surface area (Å²) in [5.41, 5.74) is 1.26. The molecular formula is C12H21N3O. The van der Waals surface area contributed by atoms with Gasteiger partial charge in [0.15, 0.2) is 0 Å². The molecule has 1 aliphatic rings. The molecule has 0 spiro atoms. The van der Waals surface area contributed by atoms with Crippen LogP contribution in [0.2, 0.25) is 0 Å². The number of ether oxygens (including phenoxy) is 1. The number of hydrogen-bond donors (Lipinski definition) is 1. The molecular weight excluding hydrogens is 202 g/mol. The lowest BCUT2D eigenvalue weighted by molar-refractivity contribution is 0.0547. The Balaban J connectivity index is 1.71. The third-order valence-corrected chi connectivity index (χ3v) is 3.10. The second-order valence-electron chi connectivity index (χ2n) is 4.35. The Morgan fingerprint density at radius 1 is 1.62 bits per heavy atom. The van der Waals surface area contributed by atoms with Gasteiger partial charge in [-0.2, -0.15) is 5.10 Å². The van der Waals surface area contributed by atoms with Crippen LogP contribution in [0.4, 0.5) is 0 Å². The molecule has 4 heteroatoms. The first-order valence-electron chi connectivity index (χ1n) is 6.19. The third-order valence-electron chi connectivity index (χ3n) is 3.10. The minimum absolute atomic E-state index is 0.687. The van der Waals surface area contributed by atoms with E-state index in [0.29, 0.717) is 5.92 Å². The van der Waals surface area contributed by atoms with Crippen molar-refractivity contribution < 1.29 is 4.74 Å². The minimum atomic E-state index is 0.687. The molecule has 2 rings (SSSR count). The van der Waals surface area contributed by atoms with Gasteiger partial charge in [0.05, 0.1) is 12.3 Å². The molecule has 1 atom stereocenters. The fraction of sp³-hybridized carbons (Fsp3) is 0.750. The molecule has 0 bridgehead atoms. The van der Waals surface area contributed by atoms with Crippen molar-refractivity contribution in [3.63, 3.8) is 0 Å². The molecule has 16 heavy (non-hydrogen) atoms. The van der Waals surface area contributed by atoms with E-state index in [9.17, 15) is 0 Å². The Hall–Kier alpha value is -0.870. The Morgan fingerprint density at radius 2 is 2.56 bits per heavy atom. The fourth-order valence-corrected chi connectivity index (χ4v) is 2.17. The molecule has 0 saturated carbocycles. The first kappa shape index (κ1) is 11.6. The van der Waals surface area contributed by atoms with Gasteiger partial charge in [-0.15, -0.1) is 0 Å². The van der Waals surface area contributed by atoms with E-state index in [1.165, 1.54) is 18.5 Å². The average molecular weight is 223 g/mol. The van der Waals surface area contributed by atoms with Crippen molar-refractivity contribution in [3.05, 3.63) is 18.0 Å². The maximum absolute atomic E-state index is 5.46. The molecule has 4 nitrogen and oxygen atoms in total. The predicted octanol–water partition coefficient (Wildman–Crippen LogP) is 1.42. The molecule has 90 valence electrons. The molecule has 0 radical (unpaired) electrons. The van der Waals surface area contributed by atoms with E-state index in [-0.39, 0.29) is 0 Å². The molecule has 1 N–H and O–H groups in total. The lowest BCUT2D eigenvalue weighted by atomic mass is 10.0. The van der Waals surface area contributed by atoms with Gasteiger partial charge in [0.25, 0.3) is 0 Å². The molecule has 1 aliphatic heterocycles. The molecule has 2 heterocycles. The first-order chi connectivity index (χ1) is 7.90. The number of aromatic nitrogens is 2. The summed E-state index contributed by atoms with van der Waals surface area (Å²) in [4.78, 5) is 0. The van der Waals surface area contributed by atoms with Crippen LogP contribution in [0.1, 0.15) is 25.5 Å². The first-order valence-corrected chi connectivity index (χ1v) is 6.19. The van der Waals surface area contributed by atoms with Crippen LogP contribution in [0.3, 0.4) is 0 Å². The fourth-order valence-electron chi connectivity index (χ4n) is 2.17. The van der Waals surface area contributed by atoms with E-state index < -0.39 is 0 Å². The number of nitrogens with one attached hydrogen (secondary N) is 1. The van der Waals surface area contributed by atoms with Crippen LogP contribution in [0.25, 0.3) is 0 Å². The van der Waals surface area contributed by atoms with Crippen molar-refractivity contribution >= 4 is 0 Å². The highest BCUT2D eigenvalue weighted by molar-refractivity contribution is 4.99. The summed E-state index contributed by atoms with van der Waals surface area (Å²) in [5.74, 6) is 0.687. The second-order valence-corrected chi connectivity index (χ2v) is 4.35. The molecule has 1 saturated heterocycles. The number of nitrogens with zero attached hydrogens (tertiary/aromatic N) is 2. The van der Waals surface area contributed by atoms with Gasteiger partial charge >= 0.3 is 0 Å². The predicted molar refractivity (Wildman–Crippen MR) is 63.2 cm³/mol. The van der Waals surface area contributed by atoms with E-state index in [4.69, 9.17) is 4.74 Å². The van der Waals surface area contributed by atoms with E-state index in [2.05, 4.69) is 23.4 Å². The van der Waals surface area contributed by atoms with Gasteiger partial charge < -0.3 is 10.1 Å². The second kappa shape index (κ2) is 6.01. The topological polar surface area (TPSA) is 39.1 Å². The molecule has 1 fully saturated rings. The van der Waals surface area contributed by atoms with Gasteiger partial charge in [-0.3, -0.25) is 4.68 Å². The van der Waals surface area contributed by atoms with E-state index in [1.807, 2.05) is 10.9 Å². The van der Waals surface area contributed by atoms with Crippen LogP contribution in [0.15, 0.2) is 12.3 Å². The van der Waals surface area contributed by atoms with Crippen molar-refractivity contribution in [1.29, 1.82) is 0 Å². The van der Waals surface area contributed by atoms with E-state index in [0.717, 1.165) is 32.8 Å². The Kier molecular flexibility index (Phi) is 4.36. The van der Waals surface area contributed by atoms with E-state index >= 15 is 0 Å². The lowest BCUT2D eigenvalue weighted by Gasteiger charge is -2.22. The molecule has 1 aromatic rings. The molecule has 0 aliphatic carbocycles. The van der Waals surface area contributed by atoms with Crippen LogP contribution in [-0.2, 0) is 17.8 Å². The highest BCUT2D eigenvalue weighted by Crippen LogP contribution is 2.12. The third kappa shape index (κ3) is 3.06. The molecule has 1 aromatic heterocycles. The van der Waals surface area contributed by atoms with Crippen molar-refractivity contribution in [2.45, 2.75) is 32.9 Å². The van der Waals surface area contributed by atoms with E-state index in [1.54, 1.807) is 0 Å². The summed E-state index contributed by atoms with van der Waals surface area (Å²) in [6.07, 6.45) is 4.36. The largest absolute Gasteiger partial charge is 0.381 e. The van der Waals surface area contributed by atoms with Crippen molar-refractivity contribution in [3.8, 4) is 0 Å². The quantitative estimate of drug-likeness (QED) is 0.820. The summed E-state index contributed by atoms with van der Waals surface area (Å²) >= 11 is 0. The number of hydrogen-bond acceptors (Lipinski definition) is 3. The minimum Gasteiger partial charge on any atom is -0.381 e. The van der Waals surface area contributed by atoms with Crippen LogP contribution >= 0.6 is 0 Å². The Morgan fingerprint density at radius 3 is 3.31 bits per heavy atom. The van der Waals surface area contributed by atoms with Crippen LogP contribution < -0.4 is 5.32 Å². The van der Waals surface area contributed by atoms with Crippen molar-refractivity contribution in [2.75, 3.05) is 19.8 Å². The molecule has 0 amide bonds. The van der Waals surface area contributed by atoms with Gasteiger partial charge in [0.1, 0.15) is 0 Å². The van der Waals surface area contributed by atoms with Gasteiger partial charge in [0.2, 0.25) is 0 Å². The normalized spacial score (nSPS) is 21.2. The maximum atomic E-state index is 5.46. The van der Waals surface area contributed by atoms with Gasteiger partial charge in [-0.1, -0.05) is 0 Å². The zero-order valence-corrected chi connectivity index (χ0v) is 9.98. The monoisotopic (exact) mass is 223 g/mol. The smallest absolute Gasteiger partial charge is 0.0521 e. The Labute approximate surface area is 97.0 Å². The van der Waals surface area contributed by atoms with Crippen LogP contribution in [-0.4, -0.2) is 29.5 Å². The Bertz CT molecular complexity index is 305. The van der Waals surface area contributed by atoms with Crippen LogP contribution in [0.5, 0.6) is 0 Å². The maximum Gasteiger partial charge on any atom is 0.0521 e. The number of rotatable bonds is 5. The average Bonchev–Trinajstić information content (AvgIpc) is 2.78. The van der Waals surface area contributed by atoms with Gasteiger partial charge in [-0.25, -0.2) is 0 Å². The van der Waals surface area contributed by atoms with Crippen LogP contribution in [0, 0.1) is 5.92 Å². The lowest BCUT2D eigenvalue weighted by Crippen LogP contribution is -2.29. The highest BCUT2D eigenvalue weighted by Gasteiger charge is 2.13. The van der Waals surface area contributed by atoms with Gasteiger partial charge in [-0.05, 0) is 31.7 Å². The molecule has 0 aromatic carbocycles. The SMILES string of the molecule is CCn1nccc1CNCC1CCCOC1. The van der Waals surface area contributed by atoms with Crippen molar-refractivity contribution in [1.82, 2.24) is 15.1 Å². The standard InChI is InChI=1S/C12H21N3O/c1-2-15-12(5-6-14-15)9-13-8-11-4-3-7-16-10-11/h5-6,11,13H,2-4,7-10H2,1H3. The summed E-state index contributed by atoms with van der Waals surface area (Å²) in [5, 5.41) is 7.74. The van der Waals surface area contributed by atoms with Crippen molar-refractivity contribution in [2.24, 2.45) is 5.92 Å². The zero-order valence-electron chi connectivity index (χ0n) is 9.98. The summed E-state index contributed by atoms with van der Waals surface area (Å²) < 4.78 is 7.49. The zero-order chi connectivity index (χ0) is 11.2. The number of aryl methyl sites for hydroxylation is 1. The summed E-state index contributed by atoms with van der Waals surface area (Å²) in [6, 6.07) is 2.08. The van der Waals surface area contributed by atoms with Gasteiger partial charge in [0, 0.05) is 32.4 Å².